The molecule has 1 aliphatic heterocycles. The lowest BCUT2D eigenvalue weighted by molar-refractivity contribution is -0.123. The van der Waals surface area contributed by atoms with E-state index in [1.54, 1.807) is 4.90 Å². The molecule has 1 aromatic carbocycles. The van der Waals surface area contributed by atoms with Crippen molar-refractivity contribution in [1.82, 2.24) is 4.90 Å². The fourth-order valence-corrected chi connectivity index (χ4v) is 1.71. The zero-order valence-electron chi connectivity index (χ0n) is 8.64. The van der Waals surface area contributed by atoms with Gasteiger partial charge in [0.1, 0.15) is 5.82 Å². The summed E-state index contributed by atoms with van der Waals surface area (Å²) in [5.74, 6) is -3.12. The summed E-state index contributed by atoms with van der Waals surface area (Å²) in [5, 5.41) is 0. The van der Waals surface area contributed by atoms with Crippen molar-refractivity contribution in [1.29, 1.82) is 0 Å². The molecule has 86 valence electrons. The monoisotopic (exact) mass is 229 g/mol. The van der Waals surface area contributed by atoms with Gasteiger partial charge in [-0.1, -0.05) is 0 Å². The van der Waals surface area contributed by atoms with Gasteiger partial charge in [-0.2, -0.15) is 0 Å². The van der Waals surface area contributed by atoms with E-state index in [9.17, 15) is 18.0 Å². The Hall–Kier alpha value is -1.52. The van der Waals surface area contributed by atoms with Crippen LogP contribution in [0.2, 0.25) is 0 Å². The van der Waals surface area contributed by atoms with E-state index in [1.165, 1.54) is 6.92 Å². The molecule has 0 saturated carbocycles. The van der Waals surface area contributed by atoms with Gasteiger partial charge in [0.2, 0.25) is 5.91 Å². The smallest absolute Gasteiger partial charge is 0.219 e. The first-order valence-corrected chi connectivity index (χ1v) is 4.89. The first-order valence-electron chi connectivity index (χ1n) is 4.89. The molecule has 0 N–H and O–H groups in total. The second kappa shape index (κ2) is 3.81. The van der Waals surface area contributed by atoms with Gasteiger partial charge in [0, 0.05) is 19.5 Å². The summed E-state index contributed by atoms with van der Waals surface area (Å²) in [4.78, 5) is 12.5. The summed E-state index contributed by atoms with van der Waals surface area (Å²) in [7, 11) is 0. The van der Waals surface area contributed by atoms with Gasteiger partial charge >= 0.3 is 0 Å². The van der Waals surface area contributed by atoms with Gasteiger partial charge in [0.15, 0.2) is 11.6 Å². The molecule has 1 fully saturated rings. The predicted molar refractivity (Wildman–Crippen MR) is 51.2 cm³/mol. The number of amides is 1. The van der Waals surface area contributed by atoms with Crippen molar-refractivity contribution in [2.75, 3.05) is 6.54 Å². The molecule has 16 heavy (non-hydrogen) atoms. The standard InChI is InChI=1S/C11H10F3NO/c1-6(16)15-5-8(15)2-7-3-10(13)11(14)4-9(7)12/h3-4,8H,2,5H2,1H3. The molecular weight excluding hydrogens is 219 g/mol. The highest BCUT2D eigenvalue weighted by Gasteiger charge is 2.36. The van der Waals surface area contributed by atoms with E-state index < -0.39 is 17.5 Å². The third kappa shape index (κ3) is 2.03. The number of rotatable bonds is 2. The van der Waals surface area contributed by atoms with Crippen LogP contribution in [0, 0.1) is 17.5 Å². The van der Waals surface area contributed by atoms with Crippen LogP contribution >= 0.6 is 0 Å². The Labute approximate surface area is 90.7 Å². The third-order valence-corrected chi connectivity index (χ3v) is 2.66. The molecule has 2 nitrogen and oxygen atoms in total. The van der Waals surface area contributed by atoms with Crippen LogP contribution in [0.5, 0.6) is 0 Å². The van der Waals surface area contributed by atoms with E-state index in [0.29, 0.717) is 12.6 Å². The van der Waals surface area contributed by atoms with Crippen molar-refractivity contribution >= 4 is 5.91 Å². The Morgan fingerprint density at radius 1 is 1.31 bits per heavy atom. The van der Waals surface area contributed by atoms with Crippen molar-refractivity contribution < 1.29 is 18.0 Å². The zero-order valence-corrected chi connectivity index (χ0v) is 8.64. The van der Waals surface area contributed by atoms with Crippen molar-refractivity contribution in [3.63, 3.8) is 0 Å². The number of halogens is 3. The molecule has 0 aliphatic carbocycles. The second-order valence-corrected chi connectivity index (χ2v) is 3.89. The summed E-state index contributed by atoms with van der Waals surface area (Å²) >= 11 is 0. The van der Waals surface area contributed by atoms with Gasteiger partial charge in [-0.25, -0.2) is 13.2 Å². The maximum absolute atomic E-state index is 13.2. The first-order chi connectivity index (χ1) is 7.49. The van der Waals surface area contributed by atoms with Crippen LogP contribution in [-0.4, -0.2) is 23.4 Å². The molecule has 1 saturated heterocycles. The normalized spacial score (nSPS) is 18.8. The van der Waals surface area contributed by atoms with Gasteiger partial charge in [-0.3, -0.25) is 4.79 Å². The fourth-order valence-electron chi connectivity index (χ4n) is 1.71. The van der Waals surface area contributed by atoms with Crippen LogP contribution in [0.25, 0.3) is 0 Å². The van der Waals surface area contributed by atoms with Crippen LogP contribution in [0.1, 0.15) is 12.5 Å². The summed E-state index contributed by atoms with van der Waals surface area (Å²) in [5.41, 5.74) is 0.104. The summed E-state index contributed by atoms with van der Waals surface area (Å²) < 4.78 is 38.7. The maximum atomic E-state index is 13.2. The lowest BCUT2D eigenvalue weighted by atomic mass is 10.1. The minimum Gasteiger partial charge on any atom is -0.336 e. The Balaban J connectivity index is 2.11. The Bertz CT molecular complexity index is 447. The molecule has 1 atom stereocenters. The molecule has 0 bridgehead atoms. The second-order valence-electron chi connectivity index (χ2n) is 3.89. The fraction of sp³-hybridized carbons (Fsp3) is 0.364. The molecule has 1 aliphatic rings. The van der Waals surface area contributed by atoms with Crippen molar-refractivity contribution in [2.24, 2.45) is 0 Å². The number of hydrogen-bond acceptors (Lipinski definition) is 1. The van der Waals surface area contributed by atoms with E-state index in [-0.39, 0.29) is 23.9 Å². The molecule has 1 amide bonds. The topological polar surface area (TPSA) is 20.1 Å². The molecular formula is C11H10F3NO. The number of benzene rings is 1. The number of carbonyl (C=O) groups excluding carboxylic acids is 1. The SMILES string of the molecule is CC(=O)N1CC1Cc1cc(F)c(F)cc1F. The largest absolute Gasteiger partial charge is 0.336 e. The molecule has 0 radical (unpaired) electrons. The van der Waals surface area contributed by atoms with Gasteiger partial charge < -0.3 is 4.90 Å². The van der Waals surface area contributed by atoms with E-state index in [4.69, 9.17) is 0 Å². The first kappa shape index (κ1) is 11.0. The molecule has 2 rings (SSSR count). The highest BCUT2D eigenvalue weighted by atomic mass is 19.2. The summed E-state index contributed by atoms with van der Waals surface area (Å²) in [6, 6.07) is 1.30. The lowest BCUT2D eigenvalue weighted by Gasteiger charge is -2.04. The van der Waals surface area contributed by atoms with Gasteiger partial charge in [-0.05, 0) is 18.1 Å². The van der Waals surface area contributed by atoms with Crippen LogP contribution < -0.4 is 0 Å². The molecule has 1 aromatic rings. The quantitative estimate of drug-likeness (QED) is 0.560. The van der Waals surface area contributed by atoms with E-state index >= 15 is 0 Å². The average Bonchev–Trinajstić information content (AvgIpc) is 2.93. The van der Waals surface area contributed by atoms with Gasteiger partial charge in [0.25, 0.3) is 0 Å². The maximum Gasteiger partial charge on any atom is 0.219 e. The highest BCUT2D eigenvalue weighted by molar-refractivity contribution is 5.76. The molecule has 1 unspecified atom stereocenters. The zero-order chi connectivity index (χ0) is 11.9. The average molecular weight is 229 g/mol. The van der Waals surface area contributed by atoms with E-state index in [1.807, 2.05) is 0 Å². The molecule has 0 spiro atoms. The van der Waals surface area contributed by atoms with Crippen molar-refractivity contribution in [3.8, 4) is 0 Å². The minimum atomic E-state index is -1.19. The van der Waals surface area contributed by atoms with Crippen LogP contribution in [-0.2, 0) is 11.2 Å². The summed E-state index contributed by atoms with van der Waals surface area (Å²) in [6.45, 7) is 1.97. The number of nitrogens with zero attached hydrogens (tertiary/aromatic N) is 1. The van der Waals surface area contributed by atoms with E-state index in [2.05, 4.69) is 0 Å². The Morgan fingerprint density at radius 2 is 1.94 bits per heavy atom. The minimum absolute atomic E-state index is 0.0862. The lowest BCUT2D eigenvalue weighted by Crippen LogP contribution is -2.11. The number of carbonyl (C=O) groups is 1. The van der Waals surface area contributed by atoms with Gasteiger partial charge in [0.05, 0.1) is 6.04 Å². The third-order valence-electron chi connectivity index (χ3n) is 2.66. The highest BCUT2D eigenvalue weighted by Crippen LogP contribution is 2.24. The number of hydrogen-bond donors (Lipinski definition) is 0. The van der Waals surface area contributed by atoms with Crippen molar-refractivity contribution in [2.45, 2.75) is 19.4 Å². The van der Waals surface area contributed by atoms with Crippen LogP contribution in [0.4, 0.5) is 13.2 Å². The molecule has 1 heterocycles. The predicted octanol–water partition coefficient (Wildman–Crippen LogP) is 1.88. The van der Waals surface area contributed by atoms with E-state index in [0.717, 1.165) is 6.07 Å². The van der Waals surface area contributed by atoms with Gasteiger partial charge in [-0.15, -0.1) is 0 Å². The summed E-state index contributed by atoms with van der Waals surface area (Å²) in [6.07, 6.45) is 0.225. The molecule has 5 heteroatoms. The molecule has 0 aromatic heterocycles. The van der Waals surface area contributed by atoms with Crippen LogP contribution in [0.15, 0.2) is 12.1 Å². The van der Waals surface area contributed by atoms with Crippen LogP contribution in [0.3, 0.4) is 0 Å². The Kier molecular flexibility index (Phi) is 2.61. The van der Waals surface area contributed by atoms with Crippen molar-refractivity contribution in [3.05, 3.63) is 35.1 Å². The Morgan fingerprint density at radius 3 is 2.50 bits per heavy atom.